The van der Waals surface area contributed by atoms with Crippen LogP contribution in [0.1, 0.15) is 69.3 Å². The molecule has 0 radical (unpaired) electrons. The highest BCUT2D eigenvalue weighted by molar-refractivity contribution is 5.85. The summed E-state index contributed by atoms with van der Waals surface area (Å²) in [5, 5.41) is 11.4. The van der Waals surface area contributed by atoms with Crippen LogP contribution in [0, 0.1) is 6.92 Å². The number of likely N-dealkylation sites (tertiary alicyclic amines) is 1. The average molecular weight is 590 g/mol. The van der Waals surface area contributed by atoms with Crippen molar-refractivity contribution in [2.45, 2.75) is 84.2 Å². The highest BCUT2D eigenvalue weighted by Crippen LogP contribution is 2.38. The number of aromatic amines is 1. The molecule has 5 heterocycles. The molecule has 2 fully saturated rings. The van der Waals surface area contributed by atoms with Crippen molar-refractivity contribution in [2.24, 2.45) is 0 Å². The number of hydrogen-bond acceptors (Lipinski definition) is 6. The Bertz CT molecular complexity index is 1560. The van der Waals surface area contributed by atoms with Gasteiger partial charge >= 0.3 is 12.1 Å². The number of pyridine rings is 1. The van der Waals surface area contributed by atoms with E-state index in [-0.39, 0.29) is 18.2 Å². The van der Waals surface area contributed by atoms with Gasteiger partial charge in [-0.1, -0.05) is 6.07 Å². The zero-order chi connectivity index (χ0) is 30.7. The Kier molecular flexibility index (Phi) is 7.41. The second-order valence-electron chi connectivity index (χ2n) is 13.8. The summed E-state index contributed by atoms with van der Waals surface area (Å²) in [5.41, 5.74) is 6.08. The van der Waals surface area contributed by atoms with E-state index in [9.17, 15) is 14.7 Å². The maximum Gasteiger partial charge on any atom is 0.410 e. The van der Waals surface area contributed by atoms with Crippen LogP contribution >= 0.6 is 0 Å². The predicted octanol–water partition coefficient (Wildman–Crippen LogP) is 5.17. The molecule has 2 aromatic heterocycles. The lowest BCUT2D eigenvalue weighted by Crippen LogP contribution is -2.51. The van der Waals surface area contributed by atoms with Gasteiger partial charge in [0.2, 0.25) is 0 Å². The summed E-state index contributed by atoms with van der Waals surface area (Å²) in [6.07, 6.45) is 4.18. The third-order valence-corrected chi connectivity index (χ3v) is 8.92. The van der Waals surface area contributed by atoms with E-state index in [0.29, 0.717) is 52.2 Å². The molecule has 0 spiro atoms. The van der Waals surface area contributed by atoms with Gasteiger partial charge in [0.15, 0.2) is 0 Å². The second-order valence-corrected chi connectivity index (χ2v) is 13.8. The van der Waals surface area contributed by atoms with E-state index in [1.165, 1.54) is 0 Å². The number of amides is 3. The molecule has 3 amide bonds. The minimum Gasteiger partial charge on any atom is -0.444 e. The fourth-order valence-corrected chi connectivity index (χ4v) is 6.73. The number of nitrogens with zero attached hydrogens (tertiary/aromatic N) is 4. The van der Waals surface area contributed by atoms with Gasteiger partial charge in [0.05, 0.1) is 25.4 Å². The van der Waals surface area contributed by atoms with Gasteiger partial charge < -0.3 is 29.4 Å². The molecule has 1 unspecified atom stereocenters. The number of aryl methyl sites for hydroxylation is 1. The Balaban J connectivity index is 1.42. The first-order valence-corrected chi connectivity index (χ1v) is 15.2. The van der Waals surface area contributed by atoms with Gasteiger partial charge in [-0.15, -0.1) is 0 Å². The number of aliphatic hydroxyl groups is 1. The Labute approximate surface area is 253 Å². The number of aliphatic hydroxyl groups excluding tert-OH is 1. The summed E-state index contributed by atoms with van der Waals surface area (Å²) < 4.78 is 11.8. The van der Waals surface area contributed by atoms with Crippen molar-refractivity contribution in [1.82, 2.24) is 24.7 Å². The van der Waals surface area contributed by atoms with Crippen LogP contribution in [-0.4, -0.2) is 92.0 Å². The number of H-pyrrole nitrogens is 1. The second kappa shape index (κ2) is 10.8. The summed E-state index contributed by atoms with van der Waals surface area (Å²) in [6.45, 7) is 14.2. The van der Waals surface area contributed by atoms with Crippen LogP contribution in [0.25, 0.3) is 22.2 Å². The number of morpholine rings is 1. The predicted molar refractivity (Wildman–Crippen MR) is 164 cm³/mol. The monoisotopic (exact) mass is 589 g/mol. The number of ether oxygens (including phenoxy) is 2. The topological polar surface area (TPSA) is 111 Å². The molecule has 2 atom stereocenters. The normalized spacial score (nSPS) is 22.2. The van der Waals surface area contributed by atoms with Gasteiger partial charge in [-0.3, -0.25) is 4.90 Å². The maximum atomic E-state index is 13.8. The number of carbonyl (C=O) groups excluding carboxylic acids is 2. The lowest BCUT2D eigenvalue weighted by Gasteiger charge is -2.41. The number of carbonyl (C=O) groups is 2. The van der Waals surface area contributed by atoms with Crippen LogP contribution in [0.4, 0.5) is 9.59 Å². The molecule has 3 aliphatic heterocycles. The molecule has 0 bridgehead atoms. The van der Waals surface area contributed by atoms with Crippen molar-refractivity contribution < 1.29 is 24.2 Å². The van der Waals surface area contributed by atoms with Crippen molar-refractivity contribution in [2.75, 3.05) is 32.8 Å². The van der Waals surface area contributed by atoms with Crippen LogP contribution in [0.5, 0.6) is 0 Å². The molecular formula is C33H43N5O5. The fraction of sp³-hybridized carbons (Fsp3) is 0.545. The van der Waals surface area contributed by atoms with E-state index >= 15 is 0 Å². The van der Waals surface area contributed by atoms with E-state index in [0.717, 1.165) is 44.4 Å². The van der Waals surface area contributed by atoms with Gasteiger partial charge in [0, 0.05) is 55.1 Å². The Morgan fingerprint density at radius 1 is 1.16 bits per heavy atom. The van der Waals surface area contributed by atoms with Gasteiger partial charge in [0.25, 0.3) is 0 Å². The third-order valence-electron chi connectivity index (χ3n) is 8.92. The lowest BCUT2D eigenvalue weighted by atomic mass is 9.87. The largest absolute Gasteiger partial charge is 0.444 e. The zero-order valence-electron chi connectivity index (χ0n) is 26.1. The summed E-state index contributed by atoms with van der Waals surface area (Å²) in [6, 6.07) is 6.06. The number of β-amino-alcohol motifs (C(OH)–C–C–N with tert-alkyl or cyclic N) is 1. The maximum absolute atomic E-state index is 13.8. The lowest BCUT2D eigenvalue weighted by molar-refractivity contribution is -0.0334. The number of hydrogen-bond donors (Lipinski definition) is 2. The van der Waals surface area contributed by atoms with Crippen LogP contribution in [0.2, 0.25) is 0 Å². The molecule has 1 aromatic carbocycles. The first-order chi connectivity index (χ1) is 20.3. The van der Waals surface area contributed by atoms with Crippen LogP contribution in [0.15, 0.2) is 30.6 Å². The molecule has 2 saturated heterocycles. The Hall–Kier alpha value is -3.63. The van der Waals surface area contributed by atoms with E-state index in [2.05, 4.69) is 35.1 Å². The molecule has 6 rings (SSSR count). The van der Waals surface area contributed by atoms with Crippen molar-refractivity contribution in [3.05, 3.63) is 52.8 Å². The molecule has 2 N–H and O–H groups in total. The number of benzene rings is 1. The minimum absolute atomic E-state index is 0.0660. The molecule has 0 saturated carbocycles. The van der Waals surface area contributed by atoms with Crippen molar-refractivity contribution >= 4 is 23.2 Å². The average Bonchev–Trinajstić information content (AvgIpc) is 3.47. The number of aromatic nitrogens is 2. The Morgan fingerprint density at radius 2 is 1.95 bits per heavy atom. The number of nitrogens with one attached hydrogen (secondary N) is 1. The molecule has 0 aliphatic carbocycles. The summed E-state index contributed by atoms with van der Waals surface area (Å²) in [4.78, 5) is 40.6. The Morgan fingerprint density at radius 3 is 2.67 bits per heavy atom. The quantitative estimate of drug-likeness (QED) is 0.427. The summed E-state index contributed by atoms with van der Waals surface area (Å²) in [5.74, 6) is 0. The first-order valence-electron chi connectivity index (χ1n) is 15.2. The van der Waals surface area contributed by atoms with E-state index < -0.39 is 17.2 Å². The number of fused-ring (bicyclic) bond motifs is 2. The third kappa shape index (κ3) is 5.70. The van der Waals surface area contributed by atoms with Gasteiger partial charge in [0.1, 0.15) is 11.2 Å². The van der Waals surface area contributed by atoms with Crippen LogP contribution in [0.3, 0.4) is 0 Å². The SMILES string of the molecule is Cc1c[nH]c2ncc(-c3cc4c(c([C@@H]5COCCN5C(=O)OC(C)(C)C)c3)CN(C(=O)N3CC(O)CC3(C)C)CC4)cc12. The molecule has 10 nitrogen and oxygen atoms in total. The molecule has 3 aromatic rings. The van der Waals surface area contributed by atoms with Gasteiger partial charge in [-0.2, -0.15) is 0 Å². The fourth-order valence-electron chi connectivity index (χ4n) is 6.73. The first kappa shape index (κ1) is 29.4. The highest BCUT2D eigenvalue weighted by atomic mass is 16.6. The zero-order valence-corrected chi connectivity index (χ0v) is 26.1. The number of urea groups is 1. The molecule has 43 heavy (non-hydrogen) atoms. The van der Waals surface area contributed by atoms with Crippen molar-refractivity contribution in [3.63, 3.8) is 0 Å². The standard InChI is InChI=1S/C33H43N5O5/c1-20-15-34-29-25(20)13-23(16-35-29)22-11-21-7-8-36(30(40)38-17-24(39)14-33(38,5)6)18-27(21)26(12-22)28-19-42-10-9-37(28)31(41)43-32(2,3)4/h11-13,15-16,24,28,39H,7-10,14,17-19H2,1-6H3,(H,34,35)/t24?,28-/m0/s1. The summed E-state index contributed by atoms with van der Waals surface area (Å²) in [7, 11) is 0. The van der Waals surface area contributed by atoms with E-state index in [4.69, 9.17) is 9.47 Å². The van der Waals surface area contributed by atoms with Gasteiger partial charge in [-0.05, 0) is 94.3 Å². The van der Waals surface area contributed by atoms with Gasteiger partial charge in [-0.25, -0.2) is 14.6 Å². The molecule has 10 heteroatoms. The molecule has 230 valence electrons. The van der Waals surface area contributed by atoms with E-state index in [1.807, 2.05) is 51.9 Å². The van der Waals surface area contributed by atoms with E-state index in [1.54, 1.807) is 9.80 Å². The van der Waals surface area contributed by atoms with Crippen LogP contribution < -0.4 is 0 Å². The van der Waals surface area contributed by atoms with Crippen molar-refractivity contribution in [1.29, 1.82) is 0 Å². The minimum atomic E-state index is -0.632. The van der Waals surface area contributed by atoms with Crippen LogP contribution in [-0.2, 0) is 22.4 Å². The highest BCUT2D eigenvalue weighted by Gasteiger charge is 2.43. The summed E-state index contributed by atoms with van der Waals surface area (Å²) >= 11 is 0. The van der Waals surface area contributed by atoms with Crippen molar-refractivity contribution in [3.8, 4) is 11.1 Å². The molecule has 3 aliphatic rings. The number of rotatable bonds is 2. The molecular weight excluding hydrogens is 546 g/mol. The smallest absolute Gasteiger partial charge is 0.410 e.